The molecule has 3 nitrogen and oxygen atoms in total. The van der Waals surface area contributed by atoms with Gasteiger partial charge in [0.15, 0.2) is 0 Å². The molecule has 0 atom stereocenters. The molecule has 25 heavy (non-hydrogen) atoms. The normalized spacial score (nSPS) is 20.3. The fourth-order valence-electron chi connectivity index (χ4n) is 3.74. The van der Waals surface area contributed by atoms with Crippen LogP contribution in [0.2, 0.25) is 10.0 Å². The predicted molar refractivity (Wildman–Crippen MR) is 104 cm³/mol. The lowest BCUT2D eigenvalue weighted by molar-refractivity contribution is 0.0449. The zero-order valence-corrected chi connectivity index (χ0v) is 15.4. The van der Waals surface area contributed by atoms with Gasteiger partial charge in [-0.25, -0.2) is 0 Å². The van der Waals surface area contributed by atoms with Gasteiger partial charge in [-0.1, -0.05) is 53.5 Å². The van der Waals surface area contributed by atoms with Crippen molar-refractivity contribution in [3.63, 3.8) is 0 Å². The molecule has 2 aliphatic rings. The maximum absolute atomic E-state index is 6.43. The zero-order valence-electron chi connectivity index (χ0n) is 13.9. The van der Waals surface area contributed by atoms with E-state index in [-0.39, 0.29) is 5.41 Å². The highest BCUT2D eigenvalue weighted by Gasteiger charge is 2.42. The summed E-state index contributed by atoms with van der Waals surface area (Å²) in [6, 6.07) is 14.1. The van der Waals surface area contributed by atoms with Crippen LogP contribution in [-0.2, 0) is 17.7 Å². The molecule has 2 aromatic rings. The molecule has 0 unspecified atom stereocenters. The van der Waals surface area contributed by atoms with Crippen molar-refractivity contribution in [2.75, 3.05) is 18.5 Å². The molecule has 1 fully saturated rings. The van der Waals surface area contributed by atoms with Crippen LogP contribution in [0.4, 0.5) is 5.69 Å². The summed E-state index contributed by atoms with van der Waals surface area (Å²) >= 11 is 12.7. The average Bonchev–Trinajstić information content (AvgIpc) is 2.61. The number of halogens is 2. The maximum atomic E-state index is 6.43. The molecule has 2 heterocycles. The number of fused-ring (bicyclic) bond motifs is 1. The highest BCUT2D eigenvalue weighted by molar-refractivity contribution is 6.37. The summed E-state index contributed by atoms with van der Waals surface area (Å²) in [5.74, 6) is 1.02. The van der Waals surface area contributed by atoms with E-state index in [9.17, 15) is 0 Å². The number of amidine groups is 1. The van der Waals surface area contributed by atoms with Crippen LogP contribution < -0.4 is 5.32 Å². The van der Waals surface area contributed by atoms with E-state index in [1.54, 1.807) is 6.07 Å². The molecule has 1 N–H and O–H groups in total. The SMILES string of the molecule is Clc1cc(Cl)c2c(c1)CC1(CCOCC1)C(=NCc1ccccc1)N2. The Hall–Kier alpha value is -1.55. The van der Waals surface area contributed by atoms with Crippen LogP contribution in [0.5, 0.6) is 0 Å². The van der Waals surface area contributed by atoms with Gasteiger partial charge in [-0.2, -0.15) is 0 Å². The Bertz CT molecular complexity index is 799. The van der Waals surface area contributed by atoms with Crippen molar-refractivity contribution in [3.8, 4) is 0 Å². The Morgan fingerprint density at radius 3 is 2.60 bits per heavy atom. The Morgan fingerprint density at radius 2 is 1.84 bits per heavy atom. The molecular weight excluding hydrogens is 355 g/mol. The van der Waals surface area contributed by atoms with Gasteiger partial charge in [0.2, 0.25) is 0 Å². The maximum Gasteiger partial charge on any atom is 0.108 e. The lowest BCUT2D eigenvalue weighted by atomic mass is 9.71. The standard InChI is InChI=1S/C20H20Cl2N2O/c21-16-10-15-12-20(6-8-25-9-7-20)19(24-18(15)17(22)11-16)23-13-14-4-2-1-3-5-14/h1-5,10-11H,6-9,12-13H2,(H,23,24). The van der Waals surface area contributed by atoms with E-state index in [1.807, 2.05) is 24.3 Å². The molecule has 0 saturated carbocycles. The largest absolute Gasteiger partial charge is 0.381 e. The van der Waals surface area contributed by atoms with Crippen LogP contribution >= 0.6 is 23.2 Å². The van der Waals surface area contributed by atoms with Crippen LogP contribution in [0.15, 0.2) is 47.5 Å². The summed E-state index contributed by atoms with van der Waals surface area (Å²) in [7, 11) is 0. The van der Waals surface area contributed by atoms with Crippen molar-refractivity contribution < 1.29 is 4.74 Å². The Morgan fingerprint density at radius 1 is 1.08 bits per heavy atom. The van der Waals surface area contributed by atoms with E-state index in [2.05, 4.69) is 17.4 Å². The molecule has 0 aliphatic carbocycles. The lowest BCUT2D eigenvalue weighted by Gasteiger charge is -2.42. The third kappa shape index (κ3) is 3.41. The molecule has 0 amide bonds. The summed E-state index contributed by atoms with van der Waals surface area (Å²) < 4.78 is 5.61. The number of anilines is 1. The number of benzene rings is 2. The summed E-state index contributed by atoms with van der Waals surface area (Å²) in [6.07, 6.45) is 2.81. The zero-order chi connectivity index (χ0) is 17.3. The lowest BCUT2D eigenvalue weighted by Crippen LogP contribution is -2.46. The number of nitrogens with one attached hydrogen (secondary N) is 1. The monoisotopic (exact) mass is 374 g/mol. The Kier molecular flexibility index (Phi) is 4.72. The fourth-order valence-corrected chi connectivity index (χ4v) is 4.33. The van der Waals surface area contributed by atoms with Crippen LogP contribution in [0.25, 0.3) is 0 Å². The third-order valence-electron chi connectivity index (χ3n) is 5.12. The number of hydrogen-bond donors (Lipinski definition) is 1. The summed E-state index contributed by atoms with van der Waals surface area (Å²) in [5, 5.41) is 4.86. The predicted octanol–water partition coefficient (Wildman–Crippen LogP) is 5.36. The molecule has 1 saturated heterocycles. The topological polar surface area (TPSA) is 33.6 Å². The van der Waals surface area contributed by atoms with Gasteiger partial charge in [-0.05, 0) is 42.5 Å². The summed E-state index contributed by atoms with van der Waals surface area (Å²) in [6.45, 7) is 2.18. The Labute approximate surface area is 158 Å². The number of rotatable bonds is 2. The number of aliphatic imine (C=N–C) groups is 1. The van der Waals surface area contributed by atoms with Crippen LogP contribution in [0.1, 0.15) is 24.0 Å². The molecule has 2 aromatic carbocycles. The first-order valence-corrected chi connectivity index (χ1v) is 9.33. The minimum absolute atomic E-state index is 0.0198. The van der Waals surface area contributed by atoms with Crippen molar-refractivity contribution in [1.29, 1.82) is 0 Å². The second-order valence-corrected chi connectivity index (χ2v) is 7.61. The first kappa shape index (κ1) is 16.9. The van der Waals surface area contributed by atoms with Crippen LogP contribution in [0.3, 0.4) is 0 Å². The fraction of sp³-hybridized carbons (Fsp3) is 0.350. The minimum atomic E-state index is -0.0198. The van der Waals surface area contributed by atoms with E-state index in [0.29, 0.717) is 16.6 Å². The van der Waals surface area contributed by atoms with E-state index >= 15 is 0 Å². The quantitative estimate of drug-likeness (QED) is 0.767. The number of hydrogen-bond acceptors (Lipinski definition) is 2. The average molecular weight is 375 g/mol. The summed E-state index contributed by atoms with van der Waals surface area (Å²) in [5.41, 5.74) is 3.29. The van der Waals surface area contributed by atoms with Gasteiger partial charge >= 0.3 is 0 Å². The smallest absolute Gasteiger partial charge is 0.108 e. The van der Waals surface area contributed by atoms with E-state index < -0.39 is 0 Å². The van der Waals surface area contributed by atoms with Gasteiger partial charge in [-0.3, -0.25) is 4.99 Å². The molecule has 1 spiro atoms. The third-order valence-corrected chi connectivity index (χ3v) is 5.64. The van der Waals surface area contributed by atoms with Gasteiger partial charge in [0.1, 0.15) is 5.84 Å². The van der Waals surface area contributed by atoms with Crippen LogP contribution in [-0.4, -0.2) is 19.0 Å². The molecule has 130 valence electrons. The van der Waals surface area contributed by atoms with Gasteiger partial charge in [0.25, 0.3) is 0 Å². The highest BCUT2D eigenvalue weighted by atomic mass is 35.5. The molecule has 0 radical (unpaired) electrons. The van der Waals surface area contributed by atoms with Gasteiger partial charge in [-0.15, -0.1) is 0 Å². The number of nitrogens with zero attached hydrogens (tertiary/aromatic N) is 1. The first-order chi connectivity index (χ1) is 12.2. The van der Waals surface area contributed by atoms with Crippen molar-refractivity contribution in [1.82, 2.24) is 0 Å². The summed E-state index contributed by atoms with van der Waals surface area (Å²) in [4.78, 5) is 4.95. The number of ether oxygens (including phenoxy) is 1. The molecular formula is C20H20Cl2N2O. The minimum Gasteiger partial charge on any atom is -0.381 e. The van der Waals surface area contributed by atoms with Crippen molar-refractivity contribution in [2.24, 2.45) is 10.4 Å². The first-order valence-electron chi connectivity index (χ1n) is 8.58. The van der Waals surface area contributed by atoms with Crippen molar-refractivity contribution in [2.45, 2.75) is 25.8 Å². The highest BCUT2D eigenvalue weighted by Crippen LogP contribution is 2.44. The molecule has 0 bridgehead atoms. The van der Waals surface area contributed by atoms with E-state index in [1.165, 1.54) is 5.56 Å². The molecule has 5 heteroatoms. The van der Waals surface area contributed by atoms with Gasteiger partial charge in [0, 0.05) is 23.7 Å². The van der Waals surface area contributed by atoms with Gasteiger partial charge in [0.05, 0.1) is 17.3 Å². The molecule has 4 rings (SSSR count). The van der Waals surface area contributed by atoms with E-state index in [0.717, 1.165) is 49.6 Å². The second-order valence-electron chi connectivity index (χ2n) is 6.77. The molecule has 0 aromatic heterocycles. The van der Waals surface area contributed by atoms with Gasteiger partial charge < -0.3 is 10.1 Å². The van der Waals surface area contributed by atoms with Crippen LogP contribution in [0, 0.1) is 5.41 Å². The second kappa shape index (κ2) is 6.99. The molecule has 2 aliphatic heterocycles. The van der Waals surface area contributed by atoms with E-state index in [4.69, 9.17) is 32.9 Å². The Balaban J connectivity index is 1.72. The van der Waals surface area contributed by atoms with Crippen molar-refractivity contribution >= 4 is 34.7 Å². The van der Waals surface area contributed by atoms with Crippen molar-refractivity contribution in [3.05, 3.63) is 63.6 Å².